The Labute approximate surface area is 109 Å². The highest BCUT2D eigenvalue weighted by Crippen LogP contribution is 2.35. The number of halogens is 2. The van der Waals surface area contributed by atoms with Crippen molar-refractivity contribution < 1.29 is 13.5 Å². The minimum Gasteiger partial charge on any atom is -0.381 e. The smallest absolute Gasteiger partial charge is 0.201 e. The molecule has 3 rings (SSSR count). The summed E-state index contributed by atoms with van der Waals surface area (Å²) in [7, 11) is 0. The van der Waals surface area contributed by atoms with Crippen molar-refractivity contribution in [2.75, 3.05) is 18.9 Å². The Morgan fingerprint density at radius 2 is 2.00 bits per heavy atom. The van der Waals surface area contributed by atoms with Crippen molar-refractivity contribution in [3.05, 3.63) is 23.8 Å². The Bertz CT molecular complexity index is 632. The number of hydrogen-bond acceptors (Lipinski definition) is 3. The second-order valence-corrected chi connectivity index (χ2v) is 5.14. The van der Waals surface area contributed by atoms with Crippen LogP contribution in [0.2, 0.25) is 0 Å². The molecule has 19 heavy (non-hydrogen) atoms. The van der Waals surface area contributed by atoms with E-state index in [1.165, 1.54) is 6.07 Å². The van der Waals surface area contributed by atoms with Gasteiger partial charge in [-0.15, -0.1) is 0 Å². The maximum atomic E-state index is 14.1. The molecule has 1 aliphatic heterocycles. The summed E-state index contributed by atoms with van der Waals surface area (Å²) in [4.78, 5) is 4.13. The first-order valence-corrected chi connectivity index (χ1v) is 6.23. The van der Waals surface area contributed by atoms with Gasteiger partial charge in [0.25, 0.3) is 0 Å². The molecule has 2 aromatic rings. The normalized spacial score (nSPS) is 18.9. The van der Waals surface area contributed by atoms with Gasteiger partial charge in [0.1, 0.15) is 5.52 Å². The number of ether oxygens (including phenoxy) is 1. The molecule has 0 spiro atoms. The number of imidazole rings is 1. The van der Waals surface area contributed by atoms with Gasteiger partial charge in [-0.05, 0) is 31.9 Å². The van der Waals surface area contributed by atoms with Gasteiger partial charge in [0.15, 0.2) is 11.6 Å². The molecule has 4 nitrogen and oxygen atoms in total. The number of benzene rings is 1. The SMILES string of the molecule is CC1(n2c(N)nc3ccc(F)c(F)c32)CCOCC1. The predicted octanol–water partition coefficient (Wildman–Crippen LogP) is 2.42. The molecule has 102 valence electrons. The first-order valence-electron chi connectivity index (χ1n) is 6.23. The lowest BCUT2D eigenvalue weighted by Gasteiger charge is -2.36. The molecule has 1 saturated heterocycles. The van der Waals surface area contributed by atoms with Gasteiger partial charge in [0.05, 0.1) is 5.52 Å². The minimum atomic E-state index is -0.894. The van der Waals surface area contributed by atoms with Gasteiger partial charge in [-0.1, -0.05) is 0 Å². The van der Waals surface area contributed by atoms with Gasteiger partial charge in [-0.2, -0.15) is 0 Å². The van der Waals surface area contributed by atoms with E-state index in [4.69, 9.17) is 10.5 Å². The van der Waals surface area contributed by atoms with Gasteiger partial charge in [0, 0.05) is 18.8 Å². The van der Waals surface area contributed by atoms with Gasteiger partial charge in [-0.3, -0.25) is 0 Å². The summed E-state index contributed by atoms with van der Waals surface area (Å²) < 4.78 is 34.5. The zero-order chi connectivity index (χ0) is 13.6. The van der Waals surface area contributed by atoms with E-state index < -0.39 is 17.2 Å². The first-order chi connectivity index (χ1) is 9.03. The molecule has 1 aliphatic rings. The summed E-state index contributed by atoms with van der Waals surface area (Å²) in [6.45, 7) is 3.12. The van der Waals surface area contributed by atoms with Crippen molar-refractivity contribution in [3.8, 4) is 0 Å². The average molecular weight is 267 g/mol. The highest BCUT2D eigenvalue weighted by Gasteiger charge is 2.33. The lowest BCUT2D eigenvalue weighted by molar-refractivity contribution is 0.0318. The Morgan fingerprint density at radius 1 is 1.32 bits per heavy atom. The predicted molar refractivity (Wildman–Crippen MR) is 67.8 cm³/mol. The van der Waals surface area contributed by atoms with E-state index in [-0.39, 0.29) is 11.5 Å². The number of hydrogen-bond donors (Lipinski definition) is 1. The molecule has 0 saturated carbocycles. The zero-order valence-corrected chi connectivity index (χ0v) is 10.6. The maximum absolute atomic E-state index is 14.1. The number of nitrogens with zero attached hydrogens (tertiary/aromatic N) is 2. The second kappa shape index (κ2) is 4.16. The molecule has 0 atom stereocenters. The Kier molecular flexibility index (Phi) is 2.70. The van der Waals surface area contributed by atoms with Crippen molar-refractivity contribution in [2.45, 2.75) is 25.3 Å². The third kappa shape index (κ3) is 1.78. The minimum absolute atomic E-state index is 0.141. The summed E-state index contributed by atoms with van der Waals surface area (Å²) in [5.41, 5.74) is 6.03. The van der Waals surface area contributed by atoms with E-state index in [1.807, 2.05) is 6.92 Å². The summed E-state index contributed by atoms with van der Waals surface area (Å²) in [6, 6.07) is 2.52. The van der Waals surface area contributed by atoms with Crippen LogP contribution in [0.1, 0.15) is 19.8 Å². The number of aromatic nitrogens is 2. The van der Waals surface area contributed by atoms with E-state index in [1.54, 1.807) is 4.57 Å². The molecule has 0 amide bonds. The van der Waals surface area contributed by atoms with Gasteiger partial charge in [0.2, 0.25) is 5.95 Å². The maximum Gasteiger partial charge on any atom is 0.201 e. The van der Waals surface area contributed by atoms with E-state index in [0.29, 0.717) is 31.6 Å². The lowest BCUT2D eigenvalue weighted by atomic mass is 9.92. The van der Waals surface area contributed by atoms with E-state index in [2.05, 4.69) is 4.98 Å². The molecule has 0 radical (unpaired) electrons. The standard InChI is InChI=1S/C13H15F2N3O/c1-13(4-6-19-7-5-13)18-11-9(17-12(18)16)3-2-8(14)10(11)15/h2-3H,4-7H2,1H3,(H2,16,17). The van der Waals surface area contributed by atoms with Crippen LogP contribution in [-0.2, 0) is 10.3 Å². The number of nitrogens with two attached hydrogens (primary N) is 1. The fraction of sp³-hybridized carbons (Fsp3) is 0.462. The molecule has 6 heteroatoms. The molecular formula is C13H15F2N3O. The largest absolute Gasteiger partial charge is 0.381 e. The van der Waals surface area contributed by atoms with E-state index in [0.717, 1.165) is 6.07 Å². The zero-order valence-electron chi connectivity index (χ0n) is 10.6. The van der Waals surface area contributed by atoms with Crippen molar-refractivity contribution in [3.63, 3.8) is 0 Å². The second-order valence-electron chi connectivity index (χ2n) is 5.14. The van der Waals surface area contributed by atoms with Crippen LogP contribution in [0.5, 0.6) is 0 Å². The molecular weight excluding hydrogens is 252 g/mol. The van der Waals surface area contributed by atoms with Crippen molar-refractivity contribution >= 4 is 17.0 Å². The summed E-state index contributed by atoms with van der Waals surface area (Å²) in [5.74, 6) is -1.57. The van der Waals surface area contributed by atoms with Crippen molar-refractivity contribution in [2.24, 2.45) is 0 Å². The van der Waals surface area contributed by atoms with Gasteiger partial charge < -0.3 is 15.0 Å². The first kappa shape index (κ1) is 12.3. The molecule has 0 aliphatic carbocycles. The fourth-order valence-electron chi connectivity index (χ4n) is 2.70. The van der Waals surface area contributed by atoms with E-state index >= 15 is 0 Å². The fourth-order valence-corrected chi connectivity index (χ4v) is 2.70. The Morgan fingerprint density at radius 3 is 2.68 bits per heavy atom. The molecule has 1 aromatic carbocycles. The lowest BCUT2D eigenvalue weighted by Crippen LogP contribution is -2.37. The molecule has 0 unspecified atom stereocenters. The van der Waals surface area contributed by atoms with Crippen LogP contribution in [0.3, 0.4) is 0 Å². The molecule has 2 N–H and O–H groups in total. The van der Waals surface area contributed by atoms with Crippen LogP contribution >= 0.6 is 0 Å². The molecule has 0 bridgehead atoms. The summed E-state index contributed by atoms with van der Waals surface area (Å²) in [6.07, 6.45) is 1.39. The average Bonchev–Trinajstić information content (AvgIpc) is 2.73. The number of nitrogen functional groups attached to an aromatic ring is 1. The molecule has 1 aromatic heterocycles. The molecule has 1 fully saturated rings. The van der Waals surface area contributed by atoms with Crippen LogP contribution in [0, 0.1) is 11.6 Å². The van der Waals surface area contributed by atoms with Crippen molar-refractivity contribution in [1.29, 1.82) is 0 Å². The van der Waals surface area contributed by atoms with Crippen LogP contribution in [0.25, 0.3) is 11.0 Å². The Balaban J connectivity index is 2.27. The summed E-state index contributed by atoms with van der Waals surface area (Å²) in [5, 5.41) is 0. The summed E-state index contributed by atoms with van der Waals surface area (Å²) >= 11 is 0. The number of rotatable bonds is 1. The van der Waals surface area contributed by atoms with E-state index in [9.17, 15) is 8.78 Å². The van der Waals surface area contributed by atoms with Gasteiger partial charge >= 0.3 is 0 Å². The number of anilines is 1. The van der Waals surface area contributed by atoms with Crippen LogP contribution < -0.4 is 5.73 Å². The topological polar surface area (TPSA) is 53.1 Å². The molecule has 2 heterocycles. The monoisotopic (exact) mass is 267 g/mol. The van der Waals surface area contributed by atoms with Gasteiger partial charge in [-0.25, -0.2) is 13.8 Å². The third-order valence-electron chi connectivity index (χ3n) is 3.85. The third-order valence-corrected chi connectivity index (χ3v) is 3.85. The quantitative estimate of drug-likeness (QED) is 0.863. The number of fused-ring (bicyclic) bond motifs is 1. The van der Waals surface area contributed by atoms with Crippen LogP contribution in [0.4, 0.5) is 14.7 Å². The van der Waals surface area contributed by atoms with Crippen molar-refractivity contribution in [1.82, 2.24) is 9.55 Å². The Hall–Kier alpha value is -1.69. The highest BCUT2D eigenvalue weighted by atomic mass is 19.2. The highest BCUT2D eigenvalue weighted by molar-refractivity contribution is 5.79. The van der Waals surface area contributed by atoms with Crippen LogP contribution in [0.15, 0.2) is 12.1 Å². The van der Waals surface area contributed by atoms with Crippen LogP contribution in [-0.4, -0.2) is 22.8 Å².